The lowest BCUT2D eigenvalue weighted by Crippen LogP contribution is -2.45. The molecule has 1 aliphatic carbocycles. The van der Waals surface area contributed by atoms with Crippen molar-refractivity contribution >= 4 is 5.69 Å². The number of nitrogens with zero attached hydrogens (tertiary/aromatic N) is 1. The Morgan fingerprint density at radius 1 is 1.31 bits per heavy atom. The smallest absolute Gasteiger partial charge is 0.269 e. The first-order valence-corrected chi connectivity index (χ1v) is 5.65. The van der Waals surface area contributed by atoms with E-state index in [0.717, 1.165) is 37.0 Å². The zero-order valence-corrected chi connectivity index (χ0v) is 8.94. The summed E-state index contributed by atoms with van der Waals surface area (Å²) in [5, 5.41) is 10.6. The van der Waals surface area contributed by atoms with Crippen LogP contribution in [0.3, 0.4) is 0 Å². The molecule has 0 amide bonds. The third-order valence-electron chi connectivity index (χ3n) is 3.70. The van der Waals surface area contributed by atoms with E-state index < -0.39 is 0 Å². The summed E-state index contributed by atoms with van der Waals surface area (Å²) in [6.45, 7) is 0. The SMILES string of the molecule is O=[N+]([O-])c1ccc2c(c1)CCC1(CCC1)O2. The van der Waals surface area contributed by atoms with E-state index in [1.165, 1.54) is 12.5 Å². The molecule has 0 saturated heterocycles. The molecule has 0 N–H and O–H groups in total. The Bertz CT molecular complexity index is 452. The lowest BCUT2D eigenvalue weighted by atomic mass is 9.74. The minimum Gasteiger partial charge on any atom is -0.487 e. The standard InChI is InChI=1S/C12H13NO3/c14-13(15)10-2-3-11-9(8-10)4-7-12(16-11)5-1-6-12/h2-3,8H,1,4-7H2. The number of benzene rings is 1. The maximum Gasteiger partial charge on any atom is 0.269 e. The molecule has 3 rings (SSSR count). The Balaban J connectivity index is 1.92. The summed E-state index contributed by atoms with van der Waals surface area (Å²) in [5.41, 5.74) is 1.20. The highest BCUT2D eigenvalue weighted by Crippen LogP contribution is 2.45. The van der Waals surface area contributed by atoms with Crippen molar-refractivity contribution in [3.05, 3.63) is 33.9 Å². The first-order valence-electron chi connectivity index (χ1n) is 5.65. The number of fused-ring (bicyclic) bond motifs is 1. The average molecular weight is 219 g/mol. The number of aryl methyl sites for hydroxylation is 1. The van der Waals surface area contributed by atoms with Crippen molar-refractivity contribution in [2.75, 3.05) is 0 Å². The predicted molar refractivity (Wildman–Crippen MR) is 58.6 cm³/mol. The van der Waals surface area contributed by atoms with E-state index in [9.17, 15) is 10.1 Å². The van der Waals surface area contributed by atoms with E-state index in [0.29, 0.717) is 0 Å². The van der Waals surface area contributed by atoms with Crippen LogP contribution in [0, 0.1) is 10.1 Å². The Morgan fingerprint density at radius 3 is 2.75 bits per heavy atom. The van der Waals surface area contributed by atoms with Gasteiger partial charge in [-0.05, 0) is 38.2 Å². The fourth-order valence-corrected chi connectivity index (χ4v) is 2.54. The lowest BCUT2D eigenvalue weighted by Gasteiger charge is -2.45. The number of hydrogen-bond acceptors (Lipinski definition) is 3. The van der Waals surface area contributed by atoms with Crippen molar-refractivity contribution in [3.8, 4) is 5.75 Å². The molecule has 4 heteroatoms. The molecular formula is C12H13NO3. The Labute approximate surface area is 93.4 Å². The molecule has 1 fully saturated rings. The molecule has 1 heterocycles. The van der Waals surface area contributed by atoms with E-state index in [2.05, 4.69) is 0 Å². The van der Waals surface area contributed by atoms with Crippen molar-refractivity contribution in [1.29, 1.82) is 0 Å². The third-order valence-corrected chi connectivity index (χ3v) is 3.70. The molecule has 1 aliphatic heterocycles. The van der Waals surface area contributed by atoms with Gasteiger partial charge in [0.2, 0.25) is 0 Å². The van der Waals surface area contributed by atoms with Gasteiger partial charge in [-0.1, -0.05) is 0 Å². The van der Waals surface area contributed by atoms with E-state index in [-0.39, 0.29) is 16.2 Å². The Kier molecular flexibility index (Phi) is 1.93. The van der Waals surface area contributed by atoms with Gasteiger partial charge in [-0.15, -0.1) is 0 Å². The molecule has 0 radical (unpaired) electrons. The molecule has 0 unspecified atom stereocenters. The molecule has 0 atom stereocenters. The second-order valence-electron chi connectivity index (χ2n) is 4.69. The molecule has 0 aromatic heterocycles. The fraction of sp³-hybridized carbons (Fsp3) is 0.500. The van der Waals surface area contributed by atoms with Crippen LogP contribution in [0.4, 0.5) is 5.69 Å². The Hall–Kier alpha value is -1.58. The maximum absolute atomic E-state index is 10.6. The van der Waals surface area contributed by atoms with E-state index in [1.807, 2.05) is 0 Å². The van der Waals surface area contributed by atoms with Crippen LogP contribution >= 0.6 is 0 Å². The predicted octanol–water partition coefficient (Wildman–Crippen LogP) is 2.84. The van der Waals surface area contributed by atoms with Gasteiger partial charge in [0.25, 0.3) is 5.69 Å². The number of non-ortho nitro benzene ring substituents is 1. The molecule has 0 bridgehead atoms. The fourth-order valence-electron chi connectivity index (χ4n) is 2.54. The molecule has 4 nitrogen and oxygen atoms in total. The quantitative estimate of drug-likeness (QED) is 0.539. The normalized spacial score (nSPS) is 20.8. The average Bonchev–Trinajstić information content (AvgIpc) is 2.25. The summed E-state index contributed by atoms with van der Waals surface area (Å²) in [4.78, 5) is 10.3. The second-order valence-corrected chi connectivity index (χ2v) is 4.69. The Morgan fingerprint density at radius 2 is 2.12 bits per heavy atom. The monoisotopic (exact) mass is 219 g/mol. The maximum atomic E-state index is 10.6. The van der Waals surface area contributed by atoms with Crippen LogP contribution in [-0.4, -0.2) is 10.5 Å². The first-order chi connectivity index (χ1) is 7.69. The highest BCUT2D eigenvalue weighted by Gasteiger charge is 2.41. The number of ether oxygens (including phenoxy) is 1. The van der Waals surface area contributed by atoms with Crippen molar-refractivity contribution in [3.63, 3.8) is 0 Å². The largest absolute Gasteiger partial charge is 0.487 e. The van der Waals surface area contributed by atoms with Gasteiger partial charge < -0.3 is 4.74 Å². The summed E-state index contributed by atoms with van der Waals surface area (Å²) in [5.74, 6) is 0.844. The second kappa shape index (κ2) is 3.20. The van der Waals surface area contributed by atoms with Gasteiger partial charge >= 0.3 is 0 Å². The highest BCUT2D eigenvalue weighted by molar-refractivity contribution is 5.45. The number of hydrogen-bond donors (Lipinski definition) is 0. The molecule has 1 spiro atoms. The zero-order valence-electron chi connectivity index (χ0n) is 8.94. The van der Waals surface area contributed by atoms with Crippen LogP contribution in [0.15, 0.2) is 18.2 Å². The van der Waals surface area contributed by atoms with Crippen LogP contribution in [-0.2, 0) is 6.42 Å². The lowest BCUT2D eigenvalue weighted by molar-refractivity contribution is -0.385. The van der Waals surface area contributed by atoms with Gasteiger partial charge in [0.05, 0.1) is 4.92 Å². The van der Waals surface area contributed by atoms with Crippen molar-refractivity contribution in [2.24, 2.45) is 0 Å². The minimum atomic E-state index is -0.353. The van der Waals surface area contributed by atoms with Crippen LogP contribution in [0.5, 0.6) is 5.75 Å². The van der Waals surface area contributed by atoms with Crippen molar-refractivity contribution in [2.45, 2.75) is 37.7 Å². The number of rotatable bonds is 1. The number of nitro groups is 1. The van der Waals surface area contributed by atoms with Crippen molar-refractivity contribution < 1.29 is 9.66 Å². The minimum absolute atomic E-state index is 0.0587. The molecule has 1 aromatic rings. The van der Waals surface area contributed by atoms with Gasteiger partial charge in [-0.25, -0.2) is 0 Å². The summed E-state index contributed by atoms with van der Waals surface area (Å²) < 4.78 is 5.97. The van der Waals surface area contributed by atoms with Crippen LogP contribution in [0.1, 0.15) is 31.2 Å². The summed E-state index contributed by atoms with van der Waals surface area (Å²) in [6.07, 6.45) is 5.40. The van der Waals surface area contributed by atoms with Gasteiger partial charge in [-0.3, -0.25) is 10.1 Å². The molecule has 1 saturated carbocycles. The summed E-state index contributed by atoms with van der Waals surface area (Å²) >= 11 is 0. The van der Waals surface area contributed by atoms with Gasteiger partial charge in [0.1, 0.15) is 11.4 Å². The van der Waals surface area contributed by atoms with Crippen LogP contribution in [0.2, 0.25) is 0 Å². The number of nitro benzene ring substituents is 1. The van der Waals surface area contributed by atoms with Crippen LogP contribution in [0.25, 0.3) is 0 Å². The topological polar surface area (TPSA) is 52.4 Å². The highest BCUT2D eigenvalue weighted by atomic mass is 16.6. The van der Waals surface area contributed by atoms with E-state index in [4.69, 9.17) is 4.74 Å². The van der Waals surface area contributed by atoms with E-state index in [1.54, 1.807) is 12.1 Å². The molecule has 84 valence electrons. The first kappa shape index (κ1) is 9.63. The summed E-state index contributed by atoms with van der Waals surface area (Å²) in [6, 6.07) is 4.91. The van der Waals surface area contributed by atoms with E-state index >= 15 is 0 Å². The molecule has 16 heavy (non-hydrogen) atoms. The van der Waals surface area contributed by atoms with Crippen molar-refractivity contribution in [1.82, 2.24) is 0 Å². The summed E-state index contributed by atoms with van der Waals surface area (Å²) in [7, 11) is 0. The van der Waals surface area contributed by atoms with Gasteiger partial charge in [0, 0.05) is 17.7 Å². The zero-order chi connectivity index (χ0) is 11.2. The van der Waals surface area contributed by atoms with Crippen LogP contribution < -0.4 is 4.74 Å². The van der Waals surface area contributed by atoms with Gasteiger partial charge in [-0.2, -0.15) is 0 Å². The van der Waals surface area contributed by atoms with Gasteiger partial charge in [0.15, 0.2) is 0 Å². The third kappa shape index (κ3) is 1.37. The molecule has 1 aromatic carbocycles. The molecule has 2 aliphatic rings. The molecular weight excluding hydrogens is 206 g/mol.